The Kier molecular flexibility index (Phi) is 5.64. The number of pyridine rings is 1. The molecule has 2 heterocycles. The lowest BCUT2D eigenvalue weighted by Crippen LogP contribution is -2.03. The molecule has 0 aliphatic heterocycles. The highest BCUT2D eigenvalue weighted by Gasteiger charge is 2.15. The van der Waals surface area contributed by atoms with Gasteiger partial charge in [-0.15, -0.1) is 10.2 Å². The minimum Gasteiger partial charge on any atom is -0.305 e. The molecule has 0 amide bonds. The van der Waals surface area contributed by atoms with Gasteiger partial charge in [0.1, 0.15) is 10.3 Å². The Labute approximate surface area is 163 Å². The molecule has 5 nitrogen and oxygen atoms in total. The summed E-state index contributed by atoms with van der Waals surface area (Å²) in [7, 11) is 1.81. The van der Waals surface area contributed by atoms with E-state index in [1.807, 2.05) is 7.05 Å². The molecule has 25 heavy (non-hydrogen) atoms. The van der Waals surface area contributed by atoms with E-state index in [0.29, 0.717) is 27.1 Å². The van der Waals surface area contributed by atoms with Gasteiger partial charge in [-0.1, -0.05) is 46.6 Å². The smallest absolute Gasteiger partial charge is 0.191 e. The largest absolute Gasteiger partial charge is 0.305 e. The molecule has 0 atom stereocenters. The number of ketones is 1. The highest BCUT2D eigenvalue weighted by Crippen LogP contribution is 2.26. The molecule has 1 aromatic carbocycles. The van der Waals surface area contributed by atoms with E-state index in [1.165, 1.54) is 11.8 Å². The third-order valence-corrected chi connectivity index (χ3v) is 5.01. The molecule has 2 aromatic heterocycles. The Hall–Kier alpha value is -1.60. The van der Waals surface area contributed by atoms with Gasteiger partial charge in [-0.3, -0.25) is 4.79 Å². The third kappa shape index (κ3) is 4.33. The first kappa shape index (κ1) is 18.2. The molecule has 0 unspecified atom stereocenters. The Morgan fingerprint density at radius 3 is 2.36 bits per heavy atom. The van der Waals surface area contributed by atoms with E-state index < -0.39 is 0 Å². The van der Waals surface area contributed by atoms with Gasteiger partial charge in [-0.05, 0) is 36.4 Å². The van der Waals surface area contributed by atoms with Gasteiger partial charge in [0.15, 0.2) is 16.8 Å². The van der Waals surface area contributed by atoms with Crippen LogP contribution in [0, 0.1) is 0 Å². The number of nitrogens with zero attached hydrogens (tertiary/aromatic N) is 4. The van der Waals surface area contributed by atoms with Crippen LogP contribution in [-0.2, 0) is 7.05 Å². The summed E-state index contributed by atoms with van der Waals surface area (Å²) in [6.45, 7) is 0. The summed E-state index contributed by atoms with van der Waals surface area (Å²) in [5, 5.41) is 10.0. The zero-order chi connectivity index (χ0) is 18.0. The van der Waals surface area contributed by atoms with Gasteiger partial charge in [0.05, 0.1) is 5.75 Å². The summed E-state index contributed by atoms with van der Waals surface area (Å²) in [6, 6.07) is 10.1. The number of thioether (sulfide) groups is 1. The Morgan fingerprint density at radius 2 is 1.72 bits per heavy atom. The maximum absolute atomic E-state index is 12.2. The van der Waals surface area contributed by atoms with Crippen LogP contribution in [0.1, 0.15) is 10.4 Å². The number of carbonyl (C=O) groups is 1. The lowest BCUT2D eigenvalue weighted by atomic mass is 10.1. The monoisotopic (exact) mass is 412 g/mol. The Morgan fingerprint density at radius 1 is 1.08 bits per heavy atom. The zero-order valence-corrected chi connectivity index (χ0v) is 16.0. The van der Waals surface area contributed by atoms with Crippen molar-refractivity contribution in [1.29, 1.82) is 0 Å². The molecule has 0 fully saturated rings. The van der Waals surface area contributed by atoms with Gasteiger partial charge in [0.2, 0.25) is 0 Å². The maximum atomic E-state index is 12.2. The van der Waals surface area contributed by atoms with Crippen LogP contribution in [0.15, 0.2) is 41.6 Å². The van der Waals surface area contributed by atoms with Crippen LogP contribution in [0.4, 0.5) is 0 Å². The maximum Gasteiger partial charge on any atom is 0.191 e. The molecule has 0 bridgehead atoms. The second kappa shape index (κ2) is 7.74. The average molecular weight is 414 g/mol. The average Bonchev–Trinajstić information content (AvgIpc) is 2.93. The van der Waals surface area contributed by atoms with E-state index in [9.17, 15) is 4.79 Å². The van der Waals surface area contributed by atoms with Gasteiger partial charge in [-0.25, -0.2) is 4.98 Å². The molecule has 128 valence electrons. The molecule has 9 heteroatoms. The van der Waals surface area contributed by atoms with Crippen molar-refractivity contribution in [2.24, 2.45) is 7.05 Å². The second-order valence-electron chi connectivity index (χ2n) is 5.09. The van der Waals surface area contributed by atoms with Crippen LogP contribution in [0.3, 0.4) is 0 Å². The highest BCUT2D eigenvalue weighted by atomic mass is 35.5. The summed E-state index contributed by atoms with van der Waals surface area (Å²) in [4.78, 5) is 16.2. The van der Waals surface area contributed by atoms with Gasteiger partial charge < -0.3 is 4.57 Å². The van der Waals surface area contributed by atoms with Crippen molar-refractivity contribution in [2.75, 3.05) is 5.75 Å². The number of carbonyl (C=O) groups excluding carboxylic acids is 1. The van der Waals surface area contributed by atoms with Crippen LogP contribution in [0.2, 0.25) is 15.3 Å². The van der Waals surface area contributed by atoms with Crippen LogP contribution < -0.4 is 0 Å². The molecular weight excluding hydrogens is 403 g/mol. The van der Waals surface area contributed by atoms with E-state index >= 15 is 0 Å². The zero-order valence-electron chi connectivity index (χ0n) is 12.9. The predicted molar refractivity (Wildman–Crippen MR) is 101 cm³/mol. The number of hydrogen-bond donors (Lipinski definition) is 0. The number of hydrogen-bond acceptors (Lipinski definition) is 5. The number of aromatic nitrogens is 4. The number of halogens is 3. The molecule has 0 radical (unpaired) electrons. The van der Waals surface area contributed by atoms with Crippen molar-refractivity contribution in [3.63, 3.8) is 0 Å². The molecule has 0 aliphatic carbocycles. The first-order valence-corrected chi connectivity index (χ1v) is 9.20. The van der Waals surface area contributed by atoms with Crippen LogP contribution in [-0.4, -0.2) is 31.3 Å². The van der Waals surface area contributed by atoms with Crippen molar-refractivity contribution >= 4 is 52.3 Å². The molecule has 3 aromatic rings. The SMILES string of the molecule is Cn1c(SCC(=O)c2ccc(Cl)cc2)nnc1-c1cc(Cl)nc(Cl)c1. The molecule has 0 saturated heterocycles. The van der Waals surface area contributed by atoms with E-state index in [-0.39, 0.29) is 21.8 Å². The standard InChI is InChI=1S/C16H11Cl3N4OS/c1-23-15(10-6-13(18)20-14(19)7-10)21-22-16(23)25-8-12(24)9-2-4-11(17)5-3-9/h2-7H,8H2,1H3. The second-order valence-corrected chi connectivity index (χ2v) is 7.24. The molecule has 3 rings (SSSR count). The first-order valence-electron chi connectivity index (χ1n) is 7.08. The van der Waals surface area contributed by atoms with E-state index in [0.717, 1.165) is 0 Å². The van der Waals surface area contributed by atoms with Gasteiger partial charge >= 0.3 is 0 Å². The lowest BCUT2D eigenvalue weighted by Gasteiger charge is -2.05. The van der Waals surface area contributed by atoms with Crippen molar-refractivity contribution in [3.8, 4) is 11.4 Å². The topological polar surface area (TPSA) is 60.7 Å². The highest BCUT2D eigenvalue weighted by molar-refractivity contribution is 7.99. The van der Waals surface area contributed by atoms with Crippen molar-refractivity contribution in [2.45, 2.75) is 5.16 Å². The van der Waals surface area contributed by atoms with Crippen molar-refractivity contribution < 1.29 is 4.79 Å². The van der Waals surface area contributed by atoms with Gasteiger partial charge in [0.25, 0.3) is 0 Å². The van der Waals surface area contributed by atoms with Crippen molar-refractivity contribution in [3.05, 3.63) is 57.3 Å². The number of rotatable bonds is 5. The summed E-state index contributed by atoms with van der Waals surface area (Å²) in [5.41, 5.74) is 1.31. The summed E-state index contributed by atoms with van der Waals surface area (Å²) in [5.74, 6) is 0.819. The van der Waals surface area contributed by atoms with E-state index in [4.69, 9.17) is 34.8 Å². The lowest BCUT2D eigenvalue weighted by molar-refractivity contribution is 0.102. The number of Topliss-reactive ketones (excluding diaryl/α,β-unsaturated/α-hetero) is 1. The van der Waals surface area contributed by atoms with E-state index in [1.54, 1.807) is 41.0 Å². The molecular formula is C16H11Cl3N4OS. The molecule has 0 aliphatic rings. The molecule has 0 spiro atoms. The Bertz CT molecular complexity index is 907. The van der Waals surface area contributed by atoms with Gasteiger partial charge in [-0.2, -0.15) is 0 Å². The minimum absolute atomic E-state index is 0.0128. The normalized spacial score (nSPS) is 10.9. The Balaban J connectivity index is 1.75. The van der Waals surface area contributed by atoms with Crippen molar-refractivity contribution in [1.82, 2.24) is 19.7 Å². The van der Waals surface area contributed by atoms with E-state index in [2.05, 4.69) is 15.2 Å². The third-order valence-electron chi connectivity index (χ3n) is 3.35. The van der Waals surface area contributed by atoms with Crippen LogP contribution in [0.5, 0.6) is 0 Å². The van der Waals surface area contributed by atoms with Gasteiger partial charge in [0, 0.05) is 23.2 Å². The summed E-state index contributed by atoms with van der Waals surface area (Å²) >= 11 is 19.0. The van der Waals surface area contributed by atoms with Crippen LogP contribution in [0.25, 0.3) is 11.4 Å². The fourth-order valence-electron chi connectivity index (χ4n) is 2.14. The fraction of sp³-hybridized carbons (Fsp3) is 0.125. The first-order chi connectivity index (χ1) is 11.9. The molecule has 0 N–H and O–H groups in total. The number of benzene rings is 1. The molecule has 0 saturated carbocycles. The van der Waals surface area contributed by atoms with Crippen LogP contribution >= 0.6 is 46.6 Å². The summed E-state index contributed by atoms with van der Waals surface area (Å²) < 4.78 is 1.78. The quantitative estimate of drug-likeness (QED) is 0.341. The minimum atomic E-state index is -0.0128. The summed E-state index contributed by atoms with van der Waals surface area (Å²) in [6.07, 6.45) is 0. The fourth-order valence-corrected chi connectivity index (χ4v) is 3.53. The predicted octanol–water partition coefficient (Wildman–Crippen LogP) is 4.81.